The van der Waals surface area contributed by atoms with Gasteiger partial charge in [-0.25, -0.2) is 4.98 Å². The Morgan fingerprint density at radius 3 is 2.94 bits per heavy atom. The van der Waals surface area contributed by atoms with Gasteiger partial charge in [-0.3, -0.25) is 0 Å². The van der Waals surface area contributed by atoms with Crippen LogP contribution in [0.3, 0.4) is 0 Å². The lowest BCUT2D eigenvalue weighted by molar-refractivity contribution is 0.561. The van der Waals surface area contributed by atoms with Crippen LogP contribution in [0.1, 0.15) is 32.0 Å². The van der Waals surface area contributed by atoms with E-state index in [0.717, 1.165) is 32.9 Å². The van der Waals surface area contributed by atoms with Crippen LogP contribution < -0.4 is 5.32 Å². The van der Waals surface area contributed by atoms with Gasteiger partial charge in [0.2, 0.25) is 0 Å². The molecule has 0 fully saturated rings. The summed E-state index contributed by atoms with van der Waals surface area (Å²) >= 11 is 9.19. The molecule has 0 aliphatic rings. The van der Waals surface area contributed by atoms with Crippen LogP contribution in [0, 0.1) is 0 Å². The van der Waals surface area contributed by atoms with Crippen LogP contribution in [0.5, 0.6) is 0 Å². The highest BCUT2D eigenvalue weighted by Crippen LogP contribution is 2.33. The van der Waals surface area contributed by atoms with Crippen LogP contribution in [-0.2, 0) is 0 Å². The lowest BCUT2D eigenvalue weighted by Gasteiger charge is -2.09. The van der Waals surface area contributed by atoms with Gasteiger partial charge in [-0.1, -0.05) is 18.5 Å². The molecule has 0 spiro atoms. The molecule has 0 radical (unpaired) electrons. The highest BCUT2D eigenvalue weighted by atomic mass is 35.5. The number of nitrogens with one attached hydrogen (secondary N) is 1. The maximum absolute atomic E-state index is 5.93. The molecule has 2 nitrogen and oxygen atoms in total. The van der Waals surface area contributed by atoms with Crippen molar-refractivity contribution in [2.45, 2.75) is 26.3 Å². The van der Waals surface area contributed by atoms with Crippen molar-refractivity contribution in [2.24, 2.45) is 0 Å². The van der Waals surface area contributed by atoms with E-state index in [4.69, 9.17) is 11.6 Å². The number of hydrogen-bond acceptors (Lipinski definition) is 4. The first kappa shape index (κ1) is 13.0. The molecule has 17 heavy (non-hydrogen) atoms. The Labute approximate surface area is 115 Å². The zero-order chi connectivity index (χ0) is 12.3. The predicted octanol–water partition coefficient (Wildman–Crippen LogP) is 4.59. The Bertz CT molecular complexity index is 478. The van der Waals surface area contributed by atoms with E-state index < -0.39 is 0 Å². The van der Waals surface area contributed by atoms with Gasteiger partial charge in [-0.2, -0.15) is 0 Å². The number of nitrogens with zero attached hydrogens (tertiary/aromatic N) is 1. The minimum Gasteiger partial charge on any atom is -0.309 e. The second-order valence-electron chi connectivity index (χ2n) is 3.86. The number of aromatic nitrogens is 1. The number of hydrogen-bond donors (Lipinski definition) is 1. The lowest BCUT2D eigenvalue weighted by Crippen LogP contribution is -2.19. The van der Waals surface area contributed by atoms with Crippen molar-refractivity contribution in [1.29, 1.82) is 0 Å². The topological polar surface area (TPSA) is 24.9 Å². The second kappa shape index (κ2) is 5.96. The summed E-state index contributed by atoms with van der Waals surface area (Å²) in [5, 5.41) is 6.62. The summed E-state index contributed by atoms with van der Waals surface area (Å²) in [6.45, 7) is 5.34. The van der Waals surface area contributed by atoms with E-state index >= 15 is 0 Å². The summed E-state index contributed by atoms with van der Waals surface area (Å²) in [6.07, 6.45) is 1.14. The molecular weight excluding hydrogens is 272 g/mol. The first-order valence-corrected chi connectivity index (χ1v) is 7.72. The molecule has 2 aromatic heterocycles. The third-order valence-corrected chi connectivity index (χ3v) is 4.71. The lowest BCUT2D eigenvalue weighted by atomic mass is 10.2. The van der Waals surface area contributed by atoms with Crippen molar-refractivity contribution < 1.29 is 0 Å². The van der Waals surface area contributed by atoms with Crippen molar-refractivity contribution in [2.75, 3.05) is 6.54 Å². The Morgan fingerprint density at radius 2 is 2.29 bits per heavy atom. The van der Waals surface area contributed by atoms with E-state index in [0.29, 0.717) is 6.04 Å². The van der Waals surface area contributed by atoms with Gasteiger partial charge in [0.15, 0.2) is 0 Å². The summed E-state index contributed by atoms with van der Waals surface area (Å²) in [5.41, 5.74) is 1.11. The zero-order valence-corrected chi connectivity index (χ0v) is 12.3. The van der Waals surface area contributed by atoms with Crippen LogP contribution in [0.2, 0.25) is 4.34 Å². The Morgan fingerprint density at radius 1 is 1.47 bits per heavy atom. The van der Waals surface area contributed by atoms with Crippen molar-refractivity contribution in [3.05, 3.63) is 27.5 Å². The number of rotatable bonds is 5. The Balaban J connectivity index is 2.10. The third kappa shape index (κ3) is 3.28. The normalized spacial score (nSPS) is 12.9. The Kier molecular flexibility index (Phi) is 4.56. The summed E-state index contributed by atoms with van der Waals surface area (Å²) in [6, 6.07) is 4.26. The average molecular weight is 287 g/mol. The highest BCUT2D eigenvalue weighted by molar-refractivity contribution is 7.23. The molecule has 0 bridgehead atoms. The first-order valence-electron chi connectivity index (χ1n) is 5.65. The monoisotopic (exact) mass is 286 g/mol. The molecule has 1 N–H and O–H groups in total. The van der Waals surface area contributed by atoms with Crippen LogP contribution in [0.4, 0.5) is 0 Å². The smallest absolute Gasteiger partial charge is 0.133 e. The number of halogens is 1. The molecular formula is C12H15ClN2S2. The predicted molar refractivity (Wildman–Crippen MR) is 77.1 cm³/mol. The summed E-state index contributed by atoms with van der Waals surface area (Å²) < 4.78 is 0.814. The van der Waals surface area contributed by atoms with Gasteiger partial charge in [0.05, 0.1) is 14.9 Å². The van der Waals surface area contributed by atoms with E-state index in [9.17, 15) is 0 Å². The fraction of sp³-hybridized carbons (Fsp3) is 0.417. The van der Waals surface area contributed by atoms with Gasteiger partial charge < -0.3 is 5.32 Å². The van der Waals surface area contributed by atoms with E-state index in [1.54, 1.807) is 22.7 Å². The summed E-state index contributed by atoms with van der Waals surface area (Å²) in [7, 11) is 0. The van der Waals surface area contributed by atoms with Gasteiger partial charge in [0.1, 0.15) is 5.01 Å². The highest BCUT2D eigenvalue weighted by Gasteiger charge is 2.11. The largest absolute Gasteiger partial charge is 0.309 e. The van der Waals surface area contributed by atoms with Crippen molar-refractivity contribution in [3.63, 3.8) is 0 Å². The minimum absolute atomic E-state index is 0.315. The average Bonchev–Trinajstić information content (AvgIpc) is 2.93. The van der Waals surface area contributed by atoms with Crippen LogP contribution in [0.15, 0.2) is 17.5 Å². The molecule has 0 saturated carbocycles. The molecule has 92 valence electrons. The number of thiazole rings is 1. The first-order chi connectivity index (χ1) is 8.20. The SMILES string of the molecule is CCCNC(C)c1csc(-c2ccc(Cl)s2)n1. The number of thiophene rings is 1. The maximum Gasteiger partial charge on any atom is 0.133 e. The van der Waals surface area contributed by atoms with Gasteiger partial charge >= 0.3 is 0 Å². The van der Waals surface area contributed by atoms with Gasteiger partial charge in [-0.05, 0) is 32.0 Å². The fourth-order valence-electron chi connectivity index (χ4n) is 1.49. The van der Waals surface area contributed by atoms with Crippen molar-refractivity contribution >= 4 is 34.3 Å². The van der Waals surface area contributed by atoms with Crippen LogP contribution in [0.25, 0.3) is 9.88 Å². The molecule has 2 aromatic rings. The second-order valence-corrected chi connectivity index (χ2v) is 6.43. The molecule has 0 amide bonds. The molecule has 0 saturated heterocycles. The molecule has 1 unspecified atom stereocenters. The van der Waals surface area contributed by atoms with Crippen LogP contribution in [-0.4, -0.2) is 11.5 Å². The fourth-order valence-corrected chi connectivity index (χ4v) is 3.52. The molecule has 1 atom stereocenters. The van der Waals surface area contributed by atoms with E-state index in [-0.39, 0.29) is 0 Å². The van der Waals surface area contributed by atoms with E-state index in [1.165, 1.54) is 0 Å². The van der Waals surface area contributed by atoms with Gasteiger partial charge in [0.25, 0.3) is 0 Å². The molecule has 0 aliphatic heterocycles. The molecule has 0 aliphatic carbocycles. The van der Waals surface area contributed by atoms with Gasteiger partial charge in [0, 0.05) is 11.4 Å². The minimum atomic E-state index is 0.315. The van der Waals surface area contributed by atoms with Crippen molar-refractivity contribution in [1.82, 2.24) is 10.3 Å². The Hall–Kier alpha value is -0.420. The summed E-state index contributed by atoms with van der Waals surface area (Å²) in [4.78, 5) is 5.80. The quantitative estimate of drug-likeness (QED) is 0.870. The van der Waals surface area contributed by atoms with E-state index in [1.807, 2.05) is 12.1 Å². The third-order valence-electron chi connectivity index (χ3n) is 2.45. The molecule has 2 rings (SSSR count). The maximum atomic E-state index is 5.93. The van der Waals surface area contributed by atoms with E-state index in [2.05, 4.69) is 29.5 Å². The molecule has 2 heterocycles. The van der Waals surface area contributed by atoms with Gasteiger partial charge in [-0.15, -0.1) is 22.7 Å². The summed E-state index contributed by atoms with van der Waals surface area (Å²) in [5.74, 6) is 0. The zero-order valence-electron chi connectivity index (χ0n) is 9.87. The van der Waals surface area contributed by atoms with Crippen LogP contribution >= 0.6 is 34.3 Å². The standard InChI is InChI=1S/C12H15ClN2S2/c1-3-6-14-8(2)9-7-16-12(15-9)10-4-5-11(13)17-10/h4-5,7-8,14H,3,6H2,1-2H3. The van der Waals surface area contributed by atoms with Crippen molar-refractivity contribution in [3.8, 4) is 9.88 Å². The molecule has 0 aromatic carbocycles. The molecule has 5 heteroatoms.